The Morgan fingerprint density at radius 2 is 1.81 bits per heavy atom. The average molecular weight is 431 g/mol. The molecule has 0 saturated carbocycles. The summed E-state index contributed by atoms with van der Waals surface area (Å²) in [5.41, 5.74) is 6.46. The van der Waals surface area contributed by atoms with Crippen molar-refractivity contribution < 1.29 is 9.47 Å². The van der Waals surface area contributed by atoms with Gasteiger partial charge in [-0.15, -0.1) is 0 Å². The fourth-order valence-electron chi connectivity index (χ4n) is 5.32. The predicted molar refractivity (Wildman–Crippen MR) is 126 cm³/mol. The number of anilines is 1. The molecule has 6 heteroatoms. The summed E-state index contributed by atoms with van der Waals surface area (Å²) >= 11 is 0. The minimum absolute atomic E-state index is 0.155. The summed E-state index contributed by atoms with van der Waals surface area (Å²) in [6, 6.07) is 15.0. The molecule has 0 atom stereocenters. The third-order valence-electron chi connectivity index (χ3n) is 7.04. The summed E-state index contributed by atoms with van der Waals surface area (Å²) in [4.78, 5) is 11.9. The van der Waals surface area contributed by atoms with E-state index in [4.69, 9.17) is 14.5 Å². The third-order valence-corrected chi connectivity index (χ3v) is 7.04. The molecule has 32 heavy (non-hydrogen) atoms. The van der Waals surface area contributed by atoms with E-state index in [0.717, 1.165) is 56.1 Å². The monoisotopic (exact) mass is 430 g/mol. The van der Waals surface area contributed by atoms with Gasteiger partial charge < -0.3 is 14.8 Å². The molecule has 0 radical (unpaired) electrons. The Labute approximate surface area is 189 Å². The maximum atomic E-state index is 5.49. The maximum Gasteiger partial charge on any atom is 0.222 e. The van der Waals surface area contributed by atoms with Crippen LogP contribution in [0.4, 0.5) is 5.95 Å². The lowest BCUT2D eigenvalue weighted by Gasteiger charge is -2.45. The van der Waals surface area contributed by atoms with Crippen molar-refractivity contribution in [2.45, 2.75) is 31.2 Å². The molecule has 2 heterocycles. The standard InChI is InChI=1S/C26H30N4O2/c1-27-25-28-16-19-15-26(21-7-5-4-6-20(21)24(19)29-25)10-12-30(13-11-26)17-18-8-9-22(31-2)23(14-18)32-3/h4-9,14,16H,10-13,15,17H2,1-3H3,(H,27,28,29). The van der Waals surface area contributed by atoms with Gasteiger partial charge in [0.2, 0.25) is 5.95 Å². The van der Waals surface area contributed by atoms with E-state index in [9.17, 15) is 0 Å². The molecule has 0 unspecified atom stereocenters. The van der Waals surface area contributed by atoms with Crippen LogP contribution in [0.3, 0.4) is 0 Å². The first-order chi connectivity index (χ1) is 15.7. The molecule has 2 aliphatic rings. The first-order valence-corrected chi connectivity index (χ1v) is 11.2. The Kier molecular flexibility index (Phi) is 5.47. The number of fused-ring (bicyclic) bond motifs is 4. The third kappa shape index (κ3) is 3.58. The number of piperidine rings is 1. The van der Waals surface area contributed by atoms with Gasteiger partial charge in [0.1, 0.15) is 0 Å². The number of hydrogen-bond donors (Lipinski definition) is 1. The van der Waals surface area contributed by atoms with Gasteiger partial charge in [-0.3, -0.25) is 4.90 Å². The molecule has 1 saturated heterocycles. The quantitative estimate of drug-likeness (QED) is 0.652. The van der Waals surface area contributed by atoms with Crippen LogP contribution in [0.25, 0.3) is 11.3 Å². The van der Waals surface area contributed by atoms with E-state index < -0.39 is 0 Å². The van der Waals surface area contributed by atoms with Gasteiger partial charge in [-0.05, 0) is 61.2 Å². The molecule has 1 spiro atoms. The number of rotatable bonds is 5. The highest BCUT2D eigenvalue weighted by atomic mass is 16.5. The molecule has 0 amide bonds. The molecule has 5 rings (SSSR count). The second-order valence-electron chi connectivity index (χ2n) is 8.79. The highest BCUT2D eigenvalue weighted by Crippen LogP contribution is 2.48. The Morgan fingerprint density at radius 1 is 1.03 bits per heavy atom. The average Bonchev–Trinajstić information content (AvgIpc) is 2.85. The van der Waals surface area contributed by atoms with Gasteiger partial charge >= 0.3 is 0 Å². The normalized spacial score (nSPS) is 16.8. The van der Waals surface area contributed by atoms with Crippen LogP contribution in [0.1, 0.15) is 29.5 Å². The van der Waals surface area contributed by atoms with Crippen LogP contribution < -0.4 is 14.8 Å². The summed E-state index contributed by atoms with van der Waals surface area (Å²) in [6.07, 6.45) is 5.28. The van der Waals surface area contributed by atoms with Gasteiger partial charge in [0.15, 0.2) is 11.5 Å². The molecule has 3 aromatic rings. The number of hydrogen-bond acceptors (Lipinski definition) is 6. The summed E-state index contributed by atoms with van der Waals surface area (Å²) < 4.78 is 10.9. The highest BCUT2D eigenvalue weighted by Gasteiger charge is 2.41. The number of aromatic nitrogens is 2. The number of nitrogens with one attached hydrogen (secondary N) is 1. The molecule has 1 fully saturated rings. The van der Waals surface area contributed by atoms with Crippen molar-refractivity contribution >= 4 is 5.95 Å². The minimum atomic E-state index is 0.155. The summed E-state index contributed by atoms with van der Waals surface area (Å²) in [5.74, 6) is 2.24. The number of likely N-dealkylation sites (tertiary alicyclic amines) is 1. The summed E-state index contributed by atoms with van der Waals surface area (Å²) in [7, 11) is 5.23. The Hall–Kier alpha value is -3.12. The lowest BCUT2D eigenvalue weighted by atomic mass is 9.64. The number of benzene rings is 2. The molecule has 0 bridgehead atoms. The van der Waals surface area contributed by atoms with Crippen molar-refractivity contribution in [3.63, 3.8) is 0 Å². The van der Waals surface area contributed by atoms with Gasteiger partial charge in [-0.1, -0.05) is 30.3 Å². The van der Waals surface area contributed by atoms with Gasteiger partial charge in [0, 0.05) is 30.8 Å². The van der Waals surface area contributed by atoms with E-state index in [1.165, 1.54) is 22.3 Å². The van der Waals surface area contributed by atoms with Crippen molar-refractivity contribution in [3.05, 3.63) is 65.4 Å². The first kappa shape index (κ1) is 20.8. The Morgan fingerprint density at radius 3 is 2.56 bits per heavy atom. The van der Waals surface area contributed by atoms with Crippen molar-refractivity contribution in [2.24, 2.45) is 0 Å². The fraction of sp³-hybridized carbons (Fsp3) is 0.385. The van der Waals surface area contributed by atoms with Crippen molar-refractivity contribution in [3.8, 4) is 22.8 Å². The SMILES string of the molecule is CNc1ncc2c(n1)-c1ccccc1C1(CCN(Cc3ccc(OC)c(OC)c3)CC1)C2. The van der Waals surface area contributed by atoms with Crippen molar-refractivity contribution in [1.29, 1.82) is 0 Å². The Balaban J connectivity index is 1.37. The summed E-state index contributed by atoms with van der Waals surface area (Å²) in [6.45, 7) is 3.05. The zero-order valence-electron chi connectivity index (χ0n) is 19.0. The van der Waals surface area contributed by atoms with Gasteiger partial charge in [-0.25, -0.2) is 9.97 Å². The largest absolute Gasteiger partial charge is 0.493 e. The van der Waals surface area contributed by atoms with Gasteiger partial charge in [-0.2, -0.15) is 0 Å². The molecular weight excluding hydrogens is 400 g/mol. The lowest BCUT2D eigenvalue weighted by Crippen LogP contribution is -2.45. The number of nitrogens with zero attached hydrogens (tertiary/aromatic N) is 3. The molecule has 1 aliphatic heterocycles. The van der Waals surface area contributed by atoms with Crippen LogP contribution in [0.2, 0.25) is 0 Å². The molecular formula is C26H30N4O2. The minimum Gasteiger partial charge on any atom is -0.493 e. The topological polar surface area (TPSA) is 59.5 Å². The predicted octanol–water partition coefficient (Wildman–Crippen LogP) is 4.29. The summed E-state index contributed by atoms with van der Waals surface area (Å²) in [5, 5.41) is 3.08. The van der Waals surface area contributed by atoms with Crippen molar-refractivity contribution in [1.82, 2.24) is 14.9 Å². The van der Waals surface area contributed by atoms with Crippen LogP contribution in [-0.4, -0.2) is 49.2 Å². The second kappa shape index (κ2) is 8.43. The smallest absolute Gasteiger partial charge is 0.222 e. The zero-order chi connectivity index (χ0) is 22.1. The van der Waals surface area contributed by atoms with E-state index in [1.54, 1.807) is 14.2 Å². The fourth-order valence-corrected chi connectivity index (χ4v) is 5.32. The molecule has 2 aromatic carbocycles. The van der Waals surface area contributed by atoms with Crippen LogP contribution >= 0.6 is 0 Å². The second-order valence-corrected chi connectivity index (χ2v) is 8.79. The Bertz CT molecular complexity index is 1120. The highest BCUT2D eigenvalue weighted by molar-refractivity contribution is 5.72. The number of methoxy groups -OCH3 is 2. The first-order valence-electron chi connectivity index (χ1n) is 11.2. The van der Waals surface area contributed by atoms with Crippen molar-refractivity contribution in [2.75, 3.05) is 39.7 Å². The van der Waals surface area contributed by atoms with E-state index in [1.807, 2.05) is 19.3 Å². The van der Waals surface area contributed by atoms with E-state index >= 15 is 0 Å². The molecule has 1 aromatic heterocycles. The van der Waals surface area contributed by atoms with E-state index in [-0.39, 0.29) is 5.41 Å². The number of ether oxygens (including phenoxy) is 2. The van der Waals surface area contributed by atoms with Gasteiger partial charge in [0.05, 0.1) is 19.9 Å². The van der Waals surface area contributed by atoms with Crippen LogP contribution in [0.15, 0.2) is 48.7 Å². The van der Waals surface area contributed by atoms with Crippen LogP contribution in [0.5, 0.6) is 11.5 Å². The van der Waals surface area contributed by atoms with E-state index in [0.29, 0.717) is 5.95 Å². The van der Waals surface area contributed by atoms with Crippen LogP contribution in [0, 0.1) is 0 Å². The van der Waals surface area contributed by atoms with Gasteiger partial charge in [0.25, 0.3) is 0 Å². The molecule has 6 nitrogen and oxygen atoms in total. The molecule has 1 aliphatic carbocycles. The molecule has 166 valence electrons. The molecule has 1 N–H and O–H groups in total. The lowest BCUT2D eigenvalue weighted by molar-refractivity contribution is 0.150. The van der Waals surface area contributed by atoms with Crippen LogP contribution in [-0.2, 0) is 18.4 Å². The maximum absolute atomic E-state index is 5.49. The van der Waals surface area contributed by atoms with E-state index in [2.05, 4.69) is 51.6 Å². The zero-order valence-corrected chi connectivity index (χ0v) is 19.0.